The SMILES string of the molecule is CCCc1ccc(-c2ccc3cc(CCC)c(F)c(F)c3c2)cc1. The molecule has 0 saturated heterocycles. The van der Waals surface area contributed by atoms with E-state index in [1.165, 1.54) is 5.56 Å². The summed E-state index contributed by atoms with van der Waals surface area (Å²) in [5, 5.41) is 1.10. The van der Waals surface area contributed by atoms with Crippen molar-refractivity contribution in [2.45, 2.75) is 39.5 Å². The smallest absolute Gasteiger partial charge is 0.166 e. The monoisotopic (exact) mass is 324 g/mol. The Morgan fingerprint density at radius 3 is 2.04 bits per heavy atom. The summed E-state index contributed by atoms with van der Waals surface area (Å²) in [4.78, 5) is 0. The number of aryl methyl sites for hydroxylation is 2. The van der Waals surface area contributed by atoms with Crippen LogP contribution in [-0.2, 0) is 12.8 Å². The summed E-state index contributed by atoms with van der Waals surface area (Å²) in [5.74, 6) is -1.44. The first-order chi connectivity index (χ1) is 11.6. The van der Waals surface area contributed by atoms with Crippen LogP contribution in [0.25, 0.3) is 21.9 Å². The Kier molecular flexibility index (Phi) is 4.94. The first-order valence-corrected chi connectivity index (χ1v) is 8.64. The van der Waals surface area contributed by atoms with E-state index in [0.717, 1.165) is 35.8 Å². The van der Waals surface area contributed by atoms with Crippen LogP contribution in [0.5, 0.6) is 0 Å². The van der Waals surface area contributed by atoms with Gasteiger partial charge in [0.2, 0.25) is 0 Å². The van der Waals surface area contributed by atoms with Crippen molar-refractivity contribution in [3.63, 3.8) is 0 Å². The molecule has 0 nitrogen and oxygen atoms in total. The number of hydrogen-bond donors (Lipinski definition) is 0. The molecule has 0 spiro atoms. The van der Waals surface area contributed by atoms with Crippen LogP contribution in [0.4, 0.5) is 8.78 Å². The van der Waals surface area contributed by atoms with Crippen LogP contribution in [0, 0.1) is 11.6 Å². The van der Waals surface area contributed by atoms with Gasteiger partial charge in [-0.3, -0.25) is 0 Å². The summed E-state index contributed by atoms with van der Waals surface area (Å²) in [5.41, 5.74) is 3.68. The van der Waals surface area contributed by atoms with Crippen molar-refractivity contribution in [1.29, 1.82) is 0 Å². The molecule has 124 valence electrons. The summed E-state index contributed by atoms with van der Waals surface area (Å²) in [7, 11) is 0. The Bertz CT molecular complexity index is 848. The highest BCUT2D eigenvalue weighted by molar-refractivity contribution is 5.88. The molecule has 3 aromatic carbocycles. The van der Waals surface area contributed by atoms with E-state index in [2.05, 4.69) is 19.1 Å². The van der Waals surface area contributed by atoms with Gasteiger partial charge in [-0.05, 0) is 52.6 Å². The minimum absolute atomic E-state index is 0.350. The normalized spacial score (nSPS) is 11.2. The highest BCUT2D eigenvalue weighted by Gasteiger charge is 2.13. The van der Waals surface area contributed by atoms with Crippen LogP contribution in [-0.4, -0.2) is 0 Å². The van der Waals surface area contributed by atoms with Crippen molar-refractivity contribution in [2.24, 2.45) is 0 Å². The van der Waals surface area contributed by atoms with Crippen LogP contribution in [0.3, 0.4) is 0 Å². The molecular weight excluding hydrogens is 302 g/mol. The Hall–Kier alpha value is -2.22. The Morgan fingerprint density at radius 1 is 0.708 bits per heavy atom. The highest BCUT2D eigenvalue weighted by Crippen LogP contribution is 2.29. The molecule has 0 unspecified atom stereocenters. The lowest BCUT2D eigenvalue weighted by molar-refractivity contribution is 0.506. The number of benzene rings is 3. The highest BCUT2D eigenvalue weighted by atomic mass is 19.2. The van der Waals surface area contributed by atoms with Crippen LogP contribution >= 0.6 is 0 Å². The van der Waals surface area contributed by atoms with Crippen molar-refractivity contribution in [3.05, 3.63) is 71.3 Å². The van der Waals surface area contributed by atoms with Crippen molar-refractivity contribution in [1.82, 2.24) is 0 Å². The average Bonchev–Trinajstić information content (AvgIpc) is 2.60. The van der Waals surface area contributed by atoms with Crippen molar-refractivity contribution in [2.75, 3.05) is 0 Å². The minimum Gasteiger partial charge on any atom is -0.203 e. The predicted octanol–water partition coefficient (Wildman–Crippen LogP) is 6.69. The van der Waals surface area contributed by atoms with Gasteiger partial charge >= 0.3 is 0 Å². The molecule has 0 aliphatic heterocycles. The first kappa shape index (κ1) is 16.6. The van der Waals surface area contributed by atoms with Crippen LogP contribution in [0.2, 0.25) is 0 Å². The molecule has 0 heterocycles. The Balaban J connectivity index is 2.04. The third-order valence-electron chi connectivity index (χ3n) is 4.44. The second kappa shape index (κ2) is 7.12. The molecule has 0 aliphatic carbocycles. The molecule has 0 atom stereocenters. The summed E-state index contributed by atoms with van der Waals surface area (Å²) in [6, 6.07) is 15.7. The molecule has 0 fully saturated rings. The fourth-order valence-corrected chi connectivity index (χ4v) is 3.17. The summed E-state index contributed by atoms with van der Waals surface area (Å²) < 4.78 is 28.7. The lowest BCUT2D eigenvalue weighted by atomic mass is 9.97. The summed E-state index contributed by atoms with van der Waals surface area (Å²) in [6.07, 6.45) is 3.52. The summed E-state index contributed by atoms with van der Waals surface area (Å²) in [6.45, 7) is 4.12. The zero-order valence-corrected chi connectivity index (χ0v) is 14.2. The fraction of sp³-hybridized carbons (Fsp3) is 0.273. The minimum atomic E-state index is -0.736. The molecular formula is C22H22F2. The molecule has 0 amide bonds. The molecule has 0 aliphatic rings. The first-order valence-electron chi connectivity index (χ1n) is 8.64. The van der Waals surface area contributed by atoms with Gasteiger partial charge in [0.25, 0.3) is 0 Å². The van der Waals surface area contributed by atoms with E-state index in [1.807, 2.05) is 31.2 Å². The van der Waals surface area contributed by atoms with E-state index >= 15 is 0 Å². The number of fused-ring (bicyclic) bond motifs is 1. The van der Waals surface area contributed by atoms with E-state index in [9.17, 15) is 8.78 Å². The summed E-state index contributed by atoms with van der Waals surface area (Å²) >= 11 is 0. The maximum absolute atomic E-state index is 14.5. The van der Waals surface area contributed by atoms with Gasteiger partial charge in [0.05, 0.1) is 0 Å². The van der Waals surface area contributed by atoms with Crippen LogP contribution < -0.4 is 0 Å². The third kappa shape index (κ3) is 3.19. The van der Waals surface area contributed by atoms with E-state index in [0.29, 0.717) is 17.4 Å². The molecule has 2 heteroatoms. The third-order valence-corrected chi connectivity index (χ3v) is 4.44. The number of halogens is 2. The van der Waals surface area contributed by atoms with Gasteiger partial charge in [-0.15, -0.1) is 0 Å². The molecule has 24 heavy (non-hydrogen) atoms. The van der Waals surface area contributed by atoms with Crippen molar-refractivity contribution in [3.8, 4) is 11.1 Å². The quantitative estimate of drug-likeness (QED) is 0.490. The van der Waals surface area contributed by atoms with Gasteiger partial charge in [0.15, 0.2) is 11.6 Å². The van der Waals surface area contributed by atoms with E-state index in [4.69, 9.17) is 0 Å². The second-order valence-electron chi connectivity index (χ2n) is 6.30. The van der Waals surface area contributed by atoms with Gasteiger partial charge in [-0.1, -0.05) is 63.1 Å². The molecule has 3 aromatic rings. The standard InChI is InChI=1S/C22H22F2/c1-3-5-15-7-9-16(10-8-15)17-11-12-18-13-19(6-4-2)21(23)22(24)20(18)14-17/h7-14H,3-6H2,1-2H3. The largest absolute Gasteiger partial charge is 0.203 e. The van der Waals surface area contributed by atoms with Gasteiger partial charge in [0.1, 0.15) is 0 Å². The van der Waals surface area contributed by atoms with E-state index in [-0.39, 0.29) is 0 Å². The fourth-order valence-electron chi connectivity index (χ4n) is 3.17. The number of rotatable bonds is 5. The maximum atomic E-state index is 14.5. The van der Waals surface area contributed by atoms with Gasteiger partial charge in [0, 0.05) is 5.39 Å². The maximum Gasteiger partial charge on any atom is 0.166 e. The molecule has 3 rings (SSSR count). The molecule has 0 saturated carbocycles. The predicted molar refractivity (Wildman–Crippen MR) is 97.3 cm³/mol. The van der Waals surface area contributed by atoms with Crippen LogP contribution in [0.15, 0.2) is 48.5 Å². The Labute approximate surface area is 142 Å². The van der Waals surface area contributed by atoms with E-state index in [1.54, 1.807) is 12.1 Å². The van der Waals surface area contributed by atoms with Crippen molar-refractivity contribution >= 4 is 10.8 Å². The molecule has 0 N–H and O–H groups in total. The van der Waals surface area contributed by atoms with Crippen molar-refractivity contribution < 1.29 is 8.78 Å². The zero-order valence-electron chi connectivity index (χ0n) is 14.2. The van der Waals surface area contributed by atoms with E-state index < -0.39 is 11.6 Å². The molecule has 0 aromatic heterocycles. The topological polar surface area (TPSA) is 0 Å². The van der Waals surface area contributed by atoms with Gasteiger partial charge < -0.3 is 0 Å². The number of hydrogen-bond acceptors (Lipinski definition) is 0. The Morgan fingerprint density at radius 2 is 1.38 bits per heavy atom. The lowest BCUT2D eigenvalue weighted by Gasteiger charge is -2.10. The molecule has 0 bridgehead atoms. The van der Waals surface area contributed by atoms with Crippen LogP contribution in [0.1, 0.15) is 37.8 Å². The van der Waals surface area contributed by atoms with Gasteiger partial charge in [-0.2, -0.15) is 0 Å². The zero-order chi connectivity index (χ0) is 17.1. The second-order valence-corrected chi connectivity index (χ2v) is 6.30. The average molecular weight is 324 g/mol. The molecule has 0 radical (unpaired) electrons. The van der Waals surface area contributed by atoms with Gasteiger partial charge in [-0.25, -0.2) is 8.78 Å². The lowest BCUT2D eigenvalue weighted by Crippen LogP contribution is -1.96.